The van der Waals surface area contributed by atoms with Gasteiger partial charge in [0, 0.05) is 27.9 Å². The van der Waals surface area contributed by atoms with Gasteiger partial charge in [-0.05, 0) is 0 Å². The molecule has 0 atom stereocenters. The molecule has 0 spiro atoms. The Morgan fingerprint density at radius 1 is 0.812 bits per heavy atom. The first-order chi connectivity index (χ1) is 6.91. The van der Waals surface area contributed by atoms with Crippen molar-refractivity contribution >= 4 is 25.2 Å². The fourth-order valence-corrected chi connectivity index (χ4v) is 0.586. The van der Waals surface area contributed by atoms with E-state index in [0.717, 1.165) is 27.9 Å². The minimum Gasteiger partial charge on any atom is -0.625 e. The fraction of sp³-hybridized carbons (Fsp3) is 0.571. The average Bonchev–Trinajstić information content (AvgIpc) is 2.03. The topological polar surface area (TPSA) is 99.1 Å². The molecular formula is C7H14BNaO7. The summed E-state index contributed by atoms with van der Waals surface area (Å²) in [6.45, 7) is 3.35. The van der Waals surface area contributed by atoms with Crippen LogP contribution in [0.5, 0.6) is 0 Å². The van der Waals surface area contributed by atoms with Gasteiger partial charge in [-0.3, -0.25) is 14.4 Å². The minimum absolute atomic E-state index is 0. The summed E-state index contributed by atoms with van der Waals surface area (Å²) in [5.74, 6) is -2.03. The molecule has 0 aliphatic heterocycles. The van der Waals surface area contributed by atoms with Crippen molar-refractivity contribution in [2.24, 2.45) is 0 Å². The van der Waals surface area contributed by atoms with Crippen LogP contribution in [0.15, 0.2) is 0 Å². The number of carbonyl (C=O) groups excluding carboxylic acids is 3. The molecule has 88 valence electrons. The van der Waals surface area contributed by atoms with Gasteiger partial charge in [0.05, 0.1) is 0 Å². The quantitative estimate of drug-likeness (QED) is 0.505. The van der Waals surface area contributed by atoms with Gasteiger partial charge >= 0.3 is 36.9 Å². The molecule has 16 heavy (non-hydrogen) atoms. The number of rotatable bonds is 3. The number of aliphatic hydroxyl groups excluding tert-OH is 1. The third kappa shape index (κ3) is 15.9. The van der Waals surface area contributed by atoms with Crippen LogP contribution in [0.3, 0.4) is 0 Å². The van der Waals surface area contributed by atoms with Crippen LogP contribution in [0.1, 0.15) is 20.8 Å². The predicted octanol–water partition coefficient (Wildman–Crippen LogP) is -3.99. The third-order valence-corrected chi connectivity index (χ3v) is 0.963. The SMILES string of the molecule is CC(=O)O[BH-](OC(C)=O)OC(C)=O.CO.[Na+]. The Kier molecular flexibility index (Phi) is 16.3. The zero-order valence-electron chi connectivity index (χ0n) is 10.1. The molecule has 0 radical (unpaired) electrons. The van der Waals surface area contributed by atoms with Gasteiger partial charge in [-0.1, -0.05) is 0 Å². The summed E-state index contributed by atoms with van der Waals surface area (Å²) < 4.78 is 13.3. The van der Waals surface area contributed by atoms with Crippen molar-refractivity contribution in [3.05, 3.63) is 0 Å². The first kappa shape index (κ1) is 20.8. The molecule has 0 saturated heterocycles. The van der Waals surface area contributed by atoms with Crippen molar-refractivity contribution < 1.29 is 63.0 Å². The molecule has 0 unspecified atom stereocenters. The second-order valence-corrected chi connectivity index (χ2v) is 2.26. The van der Waals surface area contributed by atoms with Crippen LogP contribution in [0.2, 0.25) is 0 Å². The van der Waals surface area contributed by atoms with Crippen LogP contribution in [-0.4, -0.2) is 37.4 Å². The molecule has 0 amide bonds. The van der Waals surface area contributed by atoms with Gasteiger partial charge in [0.15, 0.2) is 0 Å². The Hall–Kier alpha value is -0.565. The van der Waals surface area contributed by atoms with Crippen LogP contribution < -0.4 is 29.6 Å². The number of carbonyl (C=O) groups is 3. The van der Waals surface area contributed by atoms with Crippen LogP contribution >= 0.6 is 0 Å². The standard InChI is InChI=1S/C6H10BO6.CH4O.Na/c1-4(8)11-7(12-5(2)9)13-6(3)10;1-2;/h7H,1-3H3;2H,1H3;/q-1;;+1. The second kappa shape index (κ2) is 12.5. The first-order valence-electron chi connectivity index (χ1n) is 4.04. The molecule has 7 nitrogen and oxygen atoms in total. The second-order valence-electron chi connectivity index (χ2n) is 2.26. The van der Waals surface area contributed by atoms with Gasteiger partial charge in [-0.2, -0.15) is 0 Å². The number of hydrogen-bond donors (Lipinski definition) is 1. The van der Waals surface area contributed by atoms with Crippen molar-refractivity contribution in [2.75, 3.05) is 7.11 Å². The molecule has 0 aliphatic rings. The van der Waals surface area contributed by atoms with Gasteiger partial charge in [0.25, 0.3) is 17.9 Å². The van der Waals surface area contributed by atoms with E-state index in [0.29, 0.717) is 0 Å². The molecule has 0 saturated carbocycles. The zero-order valence-corrected chi connectivity index (χ0v) is 12.1. The van der Waals surface area contributed by atoms with E-state index in [1.165, 1.54) is 0 Å². The molecular weight excluding hydrogens is 230 g/mol. The molecule has 0 aromatic heterocycles. The van der Waals surface area contributed by atoms with Gasteiger partial charge < -0.3 is 19.1 Å². The van der Waals surface area contributed by atoms with E-state index in [-0.39, 0.29) is 29.6 Å². The molecule has 0 rings (SSSR count). The monoisotopic (exact) mass is 244 g/mol. The fourth-order valence-electron chi connectivity index (χ4n) is 0.586. The maximum atomic E-state index is 10.4. The maximum Gasteiger partial charge on any atom is 1.00 e. The number of hydrogen-bond acceptors (Lipinski definition) is 7. The van der Waals surface area contributed by atoms with Crippen molar-refractivity contribution in [2.45, 2.75) is 20.8 Å². The molecule has 0 aliphatic carbocycles. The minimum atomic E-state index is -2.41. The van der Waals surface area contributed by atoms with Crippen LogP contribution in [0.25, 0.3) is 0 Å². The summed E-state index contributed by atoms with van der Waals surface area (Å²) in [4.78, 5) is 31.3. The van der Waals surface area contributed by atoms with Crippen molar-refractivity contribution in [1.82, 2.24) is 0 Å². The Morgan fingerprint density at radius 3 is 1.12 bits per heavy atom. The molecule has 9 heteroatoms. The molecule has 0 fully saturated rings. The van der Waals surface area contributed by atoms with Gasteiger partial charge in [0.2, 0.25) is 0 Å². The first-order valence-corrected chi connectivity index (χ1v) is 4.04. The summed E-state index contributed by atoms with van der Waals surface area (Å²) in [5.41, 5.74) is 0. The Bertz CT molecular complexity index is 195. The third-order valence-electron chi connectivity index (χ3n) is 0.963. The van der Waals surface area contributed by atoms with Gasteiger partial charge in [-0.25, -0.2) is 0 Å². The van der Waals surface area contributed by atoms with Crippen molar-refractivity contribution in [3.8, 4) is 0 Å². The largest absolute Gasteiger partial charge is 1.00 e. The smallest absolute Gasteiger partial charge is 0.625 e. The summed E-state index contributed by atoms with van der Waals surface area (Å²) >= 11 is 0. The zero-order chi connectivity index (χ0) is 12.4. The van der Waals surface area contributed by atoms with Crippen molar-refractivity contribution in [3.63, 3.8) is 0 Å². The predicted molar refractivity (Wildman–Crippen MR) is 50.6 cm³/mol. The van der Waals surface area contributed by atoms with E-state index in [9.17, 15) is 14.4 Å². The molecule has 0 bridgehead atoms. The van der Waals surface area contributed by atoms with E-state index < -0.39 is 25.2 Å². The Balaban J connectivity index is -0.000000529. The van der Waals surface area contributed by atoms with E-state index in [1.54, 1.807) is 0 Å². The van der Waals surface area contributed by atoms with E-state index >= 15 is 0 Å². The normalized spacial score (nSPS) is 7.88. The van der Waals surface area contributed by atoms with Gasteiger partial charge in [-0.15, -0.1) is 0 Å². The average molecular weight is 244 g/mol. The molecule has 0 aromatic rings. The van der Waals surface area contributed by atoms with Crippen LogP contribution in [0.4, 0.5) is 0 Å². The Labute approximate surface area is 116 Å². The number of aliphatic hydroxyl groups is 1. The molecule has 0 heterocycles. The molecule has 1 N–H and O–H groups in total. The summed E-state index contributed by atoms with van der Waals surface area (Å²) in [6.07, 6.45) is 0. The van der Waals surface area contributed by atoms with Crippen molar-refractivity contribution in [1.29, 1.82) is 0 Å². The summed E-state index contributed by atoms with van der Waals surface area (Å²) in [5, 5.41) is 7.00. The van der Waals surface area contributed by atoms with Gasteiger partial charge in [0.1, 0.15) is 0 Å². The summed E-state index contributed by atoms with van der Waals surface area (Å²) in [7, 11) is -1.41. The van der Waals surface area contributed by atoms with E-state index in [1.807, 2.05) is 0 Å². The van der Waals surface area contributed by atoms with Crippen LogP contribution in [-0.2, 0) is 28.3 Å². The van der Waals surface area contributed by atoms with E-state index in [4.69, 9.17) is 5.11 Å². The maximum absolute atomic E-state index is 10.4. The van der Waals surface area contributed by atoms with Crippen LogP contribution in [0, 0.1) is 0 Å². The summed E-state index contributed by atoms with van der Waals surface area (Å²) in [6, 6.07) is 0. The van der Waals surface area contributed by atoms with E-state index in [2.05, 4.69) is 14.0 Å². The Morgan fingerprint density at radius 2 is 1.00 bits per heavy atom. The molecule has 0 aromatic carbocycles.